The third-order valence-corrected chi connectivity index (χ3v) is 4.64. The average molecular weight is 387 g/mol. The number of allylic oxidation sites excluding steroid dienone is 2. The van der Waals surface area contributed by atoms with Gasteiger partial charge in [-0.3, -0.25) is 9.59 Å². The number of rotatable bonds is 3. The predicted octanol–water partition coefficient (Wildman–Crippen LogP) is 3.52. The molecule has 0 unspecified atom stereocenters. The molecule has 0 heterocycles. The summed E-state index contributed by atoms with van der Waals surface area (Å²) >= 11 is 6.24. The Morgan fingerprint density at radius 3 is 2.41 bits per heavy atom. The quantitative estimate of drug-likeness (QED) is 0.812. The van der Waals surface area contributed by atoms with Crippen LogP contribution in [0.3, 0.4) is 0 Å². The molecule has 0 bridgehead atoms. The van der Waals surface area contributed by atoms with Crippen LogP contribution in [0.25, 0.3) is 5.57 Å². The first-order valence-electron chi connectivity index (χ1n) is 7.90. The van der Waals surface area contributed by atoms with E-state index in [1.165, 1.54) is 38.5 Å². The summed E-state index contributed by atoms with van der Waals surface area (Å²) in [5.41, 5.74) is 0.483. The van der Waals surface area contributed by atoms with Gasteiger partial charge in [-0.05, 0) is 30.7 Å². The molecule has 7 heteroatoms. The summed E-state index contributed by atoms with van der Waals surface area (Å²) in [6, 6.07) is 7.30. The molecule has 0 radical (unpaired) electrons. The molecule has 1 aliphatic rings. The fourth-order valence-electron chi connectivity index (χ4n) is 3.09. The van der Waals surface area contributed by atoms with E-state index in [-0.39, 0.29) is 39.3 Å². The number of benzene rings is 2. The van der Waals surface area contributed by atoms with Gasteiger partial charge in [0.2, 0.25) is 5.78 Å². The van der Waals surface area contributed by atoms with E-state index in [1.54, 1.807) is 13.0 Å². The van der Waals surface area contributed by atoms with Crippen molar-refractivity contribution in [2.24, 2.45) is 0 Å². The topological polar surface area (TPSA) is 89.9 Å². The third-order valence-electron chi connectivity index (χ3n) is 4.28. The molecule has 0 aliphatic heterocycles. The molecule has 1 N–H and O–H groups in total. The van der Waals surface area contributed by atoms with Crippen molar-refractivity contribution in [2.45, 2.75) is 6.92 Å². The van der Waals surface area contributed by atoms with E-state index in [1.807, 2.05) is 0 Å². The Labute approximate surface area is 160 Å². The molecule has 6 nitrogen and oxygen atoms in total. The van der Waals surface area contributed by atoms with Crippen molar-refractivity contribution in [3.8, 4) is 11.5 Å². The molecule has 0 atom stereocenters. The summed E-state index contributed by atoms with van der Waals surface area (Å²) in [6.07, 6.45) is 0. The van der Waals surface area contributed by atoms with E-state index in [4.69, 9.17) is 21.1 Å². The van der Waals surface area contributed by atoms with Crippen LogP contribution in [0, 0.1) is 6.92 Å². The monoisotopic (exact) mass is 386 g/mol. The zero-order valence-corrected chi connectivity index (χ0v) is 15.5. The van der Waals surface area contributed by atoms with E-state index >= 15 is 0 Å². The average Bonchev–Trinajstić information content (AvgIpc) is 2.66. The van der Waals surface area contributed by atoms with Gasteiger partial charge in [0.15, 0.2) is 5.78 Å². The SMILES string of the molecule is COC(=O)c1cc(C)cc(OC)c1C1=C(Cl)C(=O)c2c(O)cccc2C1=O. The van der Waals surface area contributed by atoms with Crippen molar-refractivity contribution in [1.29, 1.82) is 0 Å². The van der Waals surface area contributed by atoms with Crippen LogP contribution in [-0.4, -0.2) is 36.9 Å². The van der Waals surface area contributed by atoms with Crippen molar-refractivity contribution in [3.05, 3.63) is 63.2 Å². The molecule has 2 aromatic rings. The molecular weight excluding hydrogens is 372 g/mol. The van der Waals surface area contributed by atoms with E-state index in [2.05, 4.69) is 0 Å². The number of phenols is 1. The first kappa shape index (κ1) is 18.7. The lowest BCUT2D eigenvalue weighted by atomic mass is 9.83. The zero-order chi connectivity index (χ0) is 19.9. The van der Waals surface area contributed by atoms with Crippen LogP contribution in [0.4, 0.5) is 0 Å². The molecule has 0 saturated heterocycles. The molecule has 0 spiro atoms. The maximum atomic E-state index is 13.1. The molecule has 138 valence electrons. The summed E-state index contributed by atoms with van der Waals surface area (Å²) in [5.74, 6) is -2.15. The fraction of sp³-hybridized carbons (Fsp3) is 0.150. The van der Waals surface area contributed by atoms with Crippen LogP contribution in [0.1, 0.15) is 42.2 Å². The molecule has 0 saturated carbocycles. The number of hydrogen-bond donors (Lipinski definition) is 1. The van der Waals surface area contributed by atoms with Gasteiger partial charge in [0.25, 0.3) is 0 Å². The Balaban J connectivity index is 2.38. The van der Waals surface area contributed by atoms with Gasteiger partial charge >= 0.3 is 5.97 Å². The molecule has 1 aliphatic carbocycles. The number of ether oxygens (including phenoxy) is 2. The zero-order valence-electron chi connectivity index (χ0n) is 14.8. The number of halogens is 1. The molecule has 0 amide bonds. The highest BCUT2D eigenvalue weighted by molar-refractivity contribution is 6.57. The number of aryl methyl sites for hydroxylation is 1. The van der Waals surface area contributed by atoms with Crippen LogP contribution in [0.2, 0.25) is 0 Å². The lowest BCUT2D eigenvalue weighted by Gasteiger charge is -2.22. The van der Waals surface area contributed by atoms with Crippen molar-refractivity contribution < 1.29 is 29.0 Å². The number of esters is 1. The van der Waals surface area contributed by atoms with Crippen molar-refractivity contribution in [1.82, 2.24) is 0 Å². The van der Waals surface area contributed by atoms with Crippen LogP contribution in [-0.2, 0) is 4.74 Å². The maximum absolute atomic E-state index is 13.1. The first-order chi connectivity index (χ1) is 12.8. The van der Waals surface area contributed by atoms with Gasteiger partial charge in [-0.25, -0.2) is 4.79 Å². The van der Waals surface area contributed by atoms with Crippen molar-refractivity contribution in [3.63, 3.8) is 0 Å². The van der Waals surface area contributed by atoms with Gasteiger partial charge in [-0.2, -0.15) is 0 Å². The fourth-order valence-corrected chi connectivity index (χ4v) is 3.37. The standard InChI is InChI=1S/C20H15ClO6/c1-9-7-11(20(25)27-3)15(13(8-9)26-2)16-17(21)19(24)14-10(18(16)23)5-4-6-12(14)22/h4-8,22H,1-3H3. The number of aromatic hydroxyl groups is 1. The first-order valence-corrected chi connectivity index (χ1v) is 8.28. The predicted molar refractivity (Wildman–Crippen MR) is 98.6 cm³/mol. The van der Waals surface area contributed by atoms with E-state index < -0.39 is 22.6 Å². The Kier molecular flexibility index (Phi) is 4.76. The van der Waals surface area contributed by atoms with Gasteiger partial charge in [0, 0.05) is 11.1 Å². The second-order valence-electron chi connectivity index (χ2n) is 5.93. The molecule has 0 aromatic heterocycles. The Hall–Kier alpha value is -3.12. The summed E-state index contributed by atoms with van der Waals surface area (Å²) in [7, 11) is 2.58. The molecule has 0 fully saturated rings. The van der Waals surface area contributed by atoms with E-state index in [0.29, 0.717) is 5.56 Å². The highest BCUT2D eigenvalue weighted by atomic mass is 35.5. The maximum Gasteiger partial charge on any atom is 0.338 e. The molecule has 2 aromatic carbocycles. The number of fused-ring (bicyclic) bond motifs is 1. The van der Waals surface area contributed by atoms with Crippen LogP contribution in [0.15, 0.2) is 35.4 Å². The molecule has 27 heavy (non-hydrogen) atoms. The number of carbonyl (C=O) groups is 3. The lowest BCUT2D eigenvalue weighted by molar-refractivity contribution is 0.0599. The van der Waals surface area contributed by atoms with Gasteiger partial charge < -0.3 is 14.6 Å². The number of Topliss-reactive ketones (excluding diaryl/α,β-unsaturated/α-hetero) is 2. The van der Waals surface area contributed by atoms with Crippen LogP contribution >= 0.6 is 11.6 Å². The van der Waals surface area contributed by atoms with Crippen LogP contribution < -0.4 is 4.74 Å². The third kappa shape index (κ3) is 2.88. The van der Waals surface area contributed by atoms with Crippen molar-refractivity contribution in [2.75, 3.05) is 14.2 Å². The minimum atomic E-state index is -0.710. The normalized spacial score (nSPS) is 13.5. The van der Waals surface area contributed by atoms with Gasteiger partial charge in [0.1, 0.15) is 16.5 Å². The Morgan fingerprint density at radius 1 is 1.07 bits per heavy atom. The number of phenolic OH excluding ortho intramolecular Hbond substituents is 1. The minimum Gasteiger partial charge on any atom is -0.507 e. The summed E-state index contributed by atoms with van der Waals surface area (Å²) < 4.78 is 10.2. The van der Waals surface area contributed by atoms with Gasteiger partial charge in [-0.15, -0.1) is 0 Å². The van der Waals surface area contributed by atoms with Crippen LogP contribution in [0.5, 0.6) is 11.5 Å². The molecular formula is C20H15ClO6. The van der Waals surface area contributed by atoms with Crippen molar-refractivity contribution >= 4 is 34.7 Å². The minimum absolute atomic E-state index is 0.00200. The highest BCUT2D eigenvalue weighted by Crippen LogP contribution is 2.42. The lowest BCUT2D eigenvalue weighted by Crippen LogP contribution is -2.21. The number of methoxy groups -OCH3 is 2. The second-order valence-corrected chi connectivity index (χ2v) is 6.31. The smallest absolute Gasteiger partial charge is 0.338 e. The Morgan fingerprint density at radius 2 is 1.78 bits per heavy atom. The number of hydrogen-bond acceptors (Lipinski definition) is 6. The second kappa shape index (κ2) is 6.89. The highest BCUT2D eigenvalue weighted by Gasteiger charge is 2.37. The summed E-state index contributed by atoms with van der Waals surface area (Å²) in [6.45, 7) is 1.75. The van der Waals surface area contributed by atoms with E-state index in [0.717, 1.165) is 0 Å². The number of ketones is 2. The number of carbonyl (C=O) groups excluding carboxylic acids is 3. The largest absolute Gasteiger partial charge is 0.507 e. The van der Waals surface area contributed by atoms with E-state index in [9.17, 15) is 19.5 Å². The summed E-state index contributed by atoms with van der Waals surface area (Å²) in [5, 5.41) is 9.58. The summed E-state index contributed by atoms with van der Waals surface area (Å²) in [4.78, 5) is 38.2. The van der Waals surface area contributed by atoms with Gasteiger partial charge in [-0.1, -0.05) is 23.7 Å². The van der Waals surface area contributed by atoms with Gasteiger partial charge in [0.05, 0.1) is 30.9 Å². The Bertz CT molecular complexity index is 1040. The molecule has 3 rings (SSSR count).